The molecule has 1 N–H and O–H groups in total. The zero-order valence-corrected chi connectivity index (χ0v) is 12.7. The van der Waals surface area contributed by atoms with E-state index in [0.717, 1.165) is 36.8 Å². The van der Waals surface area contributed by atoms with Crippen LogP contribution in [-0.2, 0) is 0 Å². The average Bonchev–Trinajstić information content (AvgIpc) is 2.79. The van der Waals surface area contributed by atoms with Gasteiger partial charge >= 0.3 is 0 Å². The largest absolute Gasteiger partial charge is 0.391 e. The standard InChI is InChI=1S/C19H22N2O/c1-2-13-12-21-10-8-14(13)11-18(22)19(21)16-7-9-20-17-6-4-3-5-15(16)17/h2-7,9,13-14,18-19,22H,1,8,10-12H2/t13-,14+,18+,19-/m1/s1. The van der Waals surface area contributed by atoms with Crippen LogP contribution in [0.3, 0.4) is 0 Å². The Hall–Kier alpha value is -1.71. The Morgan fingerprint density at radius 3 is 3.00 bits per heavy atom. The fourth-order valence-corrected chi connectivity index (χ4v) is 4.33. The van der Waals surface area contributed by atoms with Crippen LogP contribution in [-0.4, -0.2) is 34.2 Å². The SMILES string of the molecule is C=C[C@@H]1CN2CC[C@H]1C[C@H](O)[C@H]2c1ccnc2ccccc12. The predicted octanol–water partition coefficient (Wildman–Crippen LogP) is 3.16. The molecule has 0 saturated carbocycles. The summed E-state index contributed by atoms with van der Waals surface area (Å²) >= 11 is 0. The van der Waals surface area contributed by atoms with E-state index in [9.17, 15) is 5.11 Å². The van der Waals surface area contributed by atoms with Crippen molar-refractivity contribution in [1.82, 2.24) is 9.88 Å². The van der Waals surface area contributed by atoms with Gasteiger partial charge in [0.05, 0.1) is 17.7 Å². The summed E-state index contributed by atoms with van der Waals surface area (Å²) in [5.41, 5.74) is 2.22. The molecule has 22 heavy (non-hydrogen) atoms. The summed E-state index contributed by atoms with van der Waals surface area (Å²) in [5.74, 6) is 1.07. The molecule has 0 spiro atoms. The molecular formula is C19H22N2O. The van der Waals surface area contributed by atoms with E-state index in [-0.39, 0.29) is 12.1 Å². The summed E-state index contributed by atoms with van der Waals surface area (Å²) in [6, 6.07) is 10.4. The molecule has 0 aliphatic carbocycles. The van der Waals surface area contributed by atoms with Gasteiger partial charge < -0.3 is 5.11 Å². The van der Waals surface area contributed by atoms with Crippen LogP contribution in [0.15, 0.2) is 49.2 Å². The van der Waals surface area contributed by atoms with Crippen molar-refractivity contribution in [3.8, 4) is 0 Å². The van der Waals surface area contributed by atoms with Gasteiger partial charge in [0, 0.05) is 18.1 Å². The van der Waals surface area contributed by atoms with Gasteiger partial charge in [-0.15, -0.1) is 6.58 Å². The molecule has 5 rings (SSSR count). The van der Waals surface area contributed by atoms with Gasteiger partial charge in [0.25, 0.3) is 0 Å². The minimum atomic E-state index is -0.316. The molecule has 2 aromatic rings. The second-order valence-electron chi connectivity index (χ2n) is 6.61. The number of hydrogen-bond donors (Lipinski definition) is 1. The van der Waals surface area contributed by atoms with Crippen molar-refractivity contribution in [2.24, 2.45) is 11.8 Å². The number of fused-ring (bicyclic) bond motifs is 5. The first-order valence-electron chi connectivity index (χ1n) is 8.16. The third-order valence-electron chi connectivity index (χ3n) is 5.44. The maximum Gasteiger partial charge on any atom is 0.0740 e. The molecule has 0 amide bonds. The topological polar surface area (TPSA) is 36.4 Å². The first kappa shape index (κ1) is 13.9. The van der Waals surface area contributed by atoms with Crippen LogP contribution in [0.2, 0.25) is 0 Å². The molecule has 1 unspecified atom stereocenters. The molecule has 2 bridgehead atoms. The molecule has 3 aliphatic heterocycles. The Balaban J connectivity index is 1.81. The van der Waals surface area contributed by atoms with Gasteiger partial charge in [-0.1, -0.05) is 24.3 Å². The summed E-state index contributed by atoms with van der Waals surface area (Å²) in [4.78, 5) is 6.91. The number of piperidine rings is 1. The fourth-order valence-electron chi connectivity index (χ4n) is 4.33. The zero-order valence-electron chi connectivity index (χ0n) is 12.7. The van der Waals surface area contributed by atoms with E-state index in [1.165, 1.54) is 5.56 Å². The molecule has 1 aromatic heterocycles. The van der Waals surface area contributed by atoms with Crippen molar-refractivity contribution in [2.75, 3.05) is 13.1 Å². The smallest absolute Gasteiger partial charge is 0.0740 e. The Labute approximate surface area is 131 Å². The quantitative estimate of drug-likeness (QED) is 0.864. The predicted molar refractivity (Wildman–Crippen MR) is 88.5 cm³/mol. The Morgan fingerprint density at radius 1 is 1.27 bits per heavy atom. The third kappa shape index (κ3) is 2.16. The van der Waals surface area contributed by atoms with E-state index < -0.39 is 0 Å². The minimum Gasteiger partial charge on any atom is -0.391 e. The first-order valence-corrected chi connectivity index (χ1v) is 8.16. The molecule has 4 heterocycles. The first-order chi connectivity index (χ1) is 10.8. The van der Waals surface area contributed by atoms with Crippen LogP contribution in [0.5, 0.6) is 0 Å². The molecule has 3 nitrogen and oxygen atoms in total. The van der Waals surface area contributed by atoms with E-state index >= 15 is 0 Å². The zero-order chi connectivity index (χ0) is 15.1. The lowest BCUT2D eigenvalue weighted by molar-refractivity contribution is 0.0641. The summed E-state index contributed by atoms with van der Waals surface area (Å²) in [6.45, 7) is 6.07. The summed E-state index contributed by atoms with van der Waals surface area (Å²) in [6.07, 6.45) is 5.66. The van der Waals surface area contributed by atoms with Gasteiger partial charge in [0.1, 0.15) is 0 Å². The highest BCUT2D eigenvalue weighted by Crippen LogP contribution is 2.42. The summed E-state index contributed by atoms with van der Waals surface area (Å²) in [5, 5.41) is 12.0. The maximum absolute atomic E-state index is 10.9. The van der Waals surface area contributed by atoms with E-state index in [4.69, 9.17) is 0 Å². The molecule has 5 atom stereocenters. The molecule has 3 aliphatic rings. The van der Waals surface area contributed by atoms with Crippen LogP contribution in [0.4, 0.5) is 0 Å². The van der Waals surface area contributed by atoms with Crippen LogP contribution in [0.25, 0.3) is 10.9 Å². The van der Waals surface area contributed by atoms with E-state index in [1.54, 1.807) is 0 Å². The number of hydrogen-bond acceptors (Lipinski definition) is 3. The van der Waals surface area contributed by atoms with Crippen LogP contribution < -0.4 is 0 Å². The molecule has 1 aromatic carbocycles. The Bertz CT molecular complexity index is 693. The van der Waals surface area contributed by atoms with Gasteiger partial charge in [-0.05, 0) is 48.9 Å². The summed E-state index contributed by atoms with van der Waals surface area (Å²) < 4.78 is 0. The minimum absolute atomic E-state index is 0.0721. The highest BCUT2D eigenvalue weighted by Gasteiger charge is 2.41. The van der Waals surface area contributed by atoms with Gasteiger partial charge in [-0.25, -0.2) is 0 Å². The third-order valence-corrected chi connectivity index (χ3v) is 5.44. The monoisotopic (exact) mass is 294 g/mol. The number of aliphatic hydroxyl groups excluding tert-OH is 1. The number of aliphatic hydroxyl groups is 1. The highest BCUT2D eigenvalue weighted by atomic mass is 16.3. The van der Waals surface area contributed by atoms with Gasteiger partial charge in [0.2, 0.25) is 0 Å². The average molecular weight is 294 g/mol. The van der Waals surface area contributed by atoms with Crippen molar-refractivity contribution < 1.29 is 5.11 Å². The normalized spacial score (nSPS) is 34.5. The van der Waals surface area contributed by atoms with Crippen LogP contribution >= 0.6 is 0 Å². The fraction of sp³-hybridized carbons (Fsp3) is 0.421. The van der Waals surface area contributed by atoms with Crippen molar-refractivity contribution >= 4 is 10.9 Å². The molecule has 0 radical (unpaired) electrons. The van der Waals surface area contributed by atoms with Crippen molar-refractivity contribution in [3.05, 3.63) is 54.7 Å². The van der Waals surface area contributed by atoms with E-state index in [1.807, 2.05) is 18.3 Å². The second kappa shape index (κ2) is 5.49. The van der Waals surface area contributed by atoms with Crippen LogP contribution in [0.1, 0.15) is 24.4 Å². The molecule has 114 valence electrons. The number of para-hydroxylation sites is 1. The van der Waals surface area contributed by atoms with Gasteiger partial charge in [0.15, 0.2) is 0 Å². The molecular weight excluding hydrogens is 272 g/mol. The number of nitrogens with zero attached hydrogens (tertiary/aromatic N) is 2. The number of rotatable bonds is 2. The Kier molecular flexibility index (Phi) is 3.47. The lowest BCUT2D eigenvalue weighted by Gasteiger charge is -2.37. The second-order valence-corrected chi connectivity index (χ2v) is 6.61. The molecule has 3 heteroatoms. The van der Waals surface area contributed by atoms with E-state index in [0.29, 0.717) is 11.8 Å². The number of pyridine rings is 1. The van der Waals surface area contributed by atoms with Gasteiger partial charge in [-0.3, -0.25) is 9.88 Å². The molecule has 3 saturated heterocycles. The van der Waals surface area contributed by atoms with Crippen molar-refractivity contribution in [1.29, 1.82) is 0 Å². The maximum atomic E-state index is 10.9. The van der Waals surface area contributed by atoms with Crippen LogP contribution in [0, 0.1) is 11.8 Å². The van der Waals surface area contributed by atoms with Gasteiger partial charge in [-0.2, -0.15) is 0 Å². The lowest BCUT2D eigenvalue weighted by Crippen LogP contribution is -2.39. The van der Waals surface area contributed by atoms with E-state index in [2.05, 4.69) is 40.7 Å². The van der Waals surface area contributed by atoms with Crippen molar-refractivity contribution in [3.63, 3.8) is 0 Å². The number of aromatic nitrogens is 1. The summed E-state index contributed by atoms with van der Waals surface area (Å²) in [7, 11) is 0. The molecule has 3 fully saturated rings. The lowest BCUT2D eigenvalue weighted by atomic mass is 9.84. The Morgan fingerprint density at radius 2 is 2.14 bits per heavy atom. The highest BCUT2D eigenvalue weighted by molar-refractivity contribution is 5.82. The van der Waals surface area contributed by atoms with Crippen molar-refractivity contribution in [2.45, 2.75) is 25.0 Å². The number of benzene rings is 1.